The highest BCUT2D eigenvalue weighted by molar-refractivity contribution is 6.27. The summed E-state index contributed by atoms with van der Waals surface area (Å²) < 4.78 is 5.52. The molecule has 114 valence electrons. The number of esters is 1. The zero-order valence-electron chi connectivity index (χ0n) is 13.8. The number of carbonyl (C=O) groups excluding carboxylic acids is 1. The Labute approximate surface area is 123 Å². The molecule has 0 amide bonds. The molecule has 2 atom stereocenters. The van der Waals surface area contributed by atoms with Gasteiger partial charge in [-0.15, -0.1) is 0 Å². The minimum Gasteiger partial charge on any atom is -0.466 e. The lowest BCUT2D eigenvalue weighted by Gasteiger charge is -2.31. The molecule has 0 aromatic rings. The molecule has 0 bridgehead atoms. The van der Waals surface area contributed by atoms with Crippen LogP contribution in [0.25, 0.3) is 0 Å². The van der Waals surface area contributed by atoms with Crippen LogP contribution in [-0.2, 0) is 9.53 Å². The summed E-state index contributed by atoms with van der Waals surface area (Å²) in [6.07, 6.45) is 9.39. The van der Waals surface area contributed by atoms with Gasteiger partial charge in [-0.3, -0.25) is 4.79 Å². The largest absolute Gasteiger partial charge is 0.466 e. The van der Waals surface area contributed by atoms with Crippen molar-refractivity contribution < 1.29 is 9.53 Å². The Morgan fingerprint density at radius 1 is 1.11 bits per heavy atom. The third kappa shape index (κ3) is 6.60. The number of ether oxygens (including phenoxy) is 1. The highest BCUT2D eigenvalue weighted by Gasteiger charge is 2.37. The summed E-state index contributed by atoms with van der Waals surface area (Å²) >= 11 is 0. The van der Waals surface area contributed by atoms with Gasteiger partial charge in [-0.1, -0.05) is 66.2 Å². The standard InChI is InChI=1S/C16H34O2Si/c1-5-8-9-10-11-12-13-18-15(17)16(19,7-3)14(4)6-2/h14H,5-13H2,1-4,19H3. The minimum absolute atomic E-state index is 0.0598. The predicted molar refractivity (Wildman–Crippen MR) is 86.7 cm³/mol. The fourth-order valence-electron chi connectivity index (χ4n) is 2.36. The monoisotopic (exact) mass is 286 g/mol. The molecular weight excluding hydrogens is 252 g/mol. The molecule has 0 fully saturated rings. The summed E-state index contributed by atoms with van der Waals surface area (Å²) in [6, 6.07) is 0. The van der Waals surface area contributed by atoms with Gasteiger partial charge in [0.05, 0.1) is 11.6 Å². The van der Waals surface area contributed by atoms with Crippen molar-refractivity contribution in [2.75, 3.05) is 6.61 Å². The molecule has 19 heavy (non-hydrogen) atoms. The quantitative estimate of drug-likeness (QED) is 0.327. The smallest absolute Gasteiger partial charge is 0.308 e. The predicted octanol–water partition coefficient (Wildman–Crippen LogP) is 3.87. The van der Waals surface area contributed by atoms with E-state index in [1.165, 1.54) is 32.1 Å². The molecule has 0 saturated heterocycles. The van der Waals surface area contributed by atoms with Gasteiger partial charge in [0.25, 0.3) is 0 Å². The van der Waals surface area contributed by atoms with Gasteiger partial charge in [0.15, 0.2) is 0 Å². The summed E-state index contributed by atoms with van der Waals surface area (Å²) in [7, 11) is 0.892. The summed E-state index contributed by atoms with van der Waals surface area (Å²) in [5, 5.41) is -0.170. The van der Waals surface area contributed by atoms with Crippen molar-refractivity contribution in [3.05, 3.63) is 0 Å². The summed E-state index contributed by atoms with van der Waals surface area (Å²) in [5.41, 5.74) is 0. The van der Waals surface area contributed by atoms with E-state index in [-0.39, 0.29) is 11.0 Å². The molecule has 0 aliphatic rings. The molecule has 0 aliphatic carbocycles. The first-order valence-electron chi connectivity index (χ1n) is 8.20. The van der Waals surface area contributed by atoms with Crippen molar-refractivity contribution in [2.24, 2.45) is 5.92 Å². The number of hydrogen-bond donors (Lipinski definition) is 0. The molecule has 2 unspecified atom stereocenters. The van der Waals surface area contributed by atoms with Crippen LogP contribution in [-0.4, -0.2) is 22.8 Å². The van der Waals surface area contributed by atoms with E-state index in [2.05, 4.69) is 27.7 Å². The molecule has 3 heteroatoms. The van der Waals surface area contributed by atoms with Crippen molar-refractivity contribution in [3.63, 3.8) is 0 Å². The minimum atomic E-state index is -0.170. The van der Waals surface area contributed by atoms with Crippen molar-refractivity contribution in [1.82, 2.24) is 0 Å². The Balaban J connectivity index is 3.89. The second kappa shape index (κ2) is 10.5. The van der Waals surface area contributed by atoms with E-state index in [9.17, 15) is 4.79 Å². The molecule has 0 N–H and O–H groups in total. The third-order valence-electron chi connectivity index (χ3n) is 4.63. The SMILES string of the molecule is CCCCCCCCOC(=O)C([SiH3])(CC)C(C)CC. The highest BCUT2D eigenvalue weighted by Crippen LogP contribution is 2.39. The first kappa shape index (κ1) is 18.7. The van der Waals surface area contributed by atoms with Gasteiger partial charge in [0, 0.05) is 10.2 Å². The van der Waals surface area contributed by atoms with Crippen LogP contribution in [0.4, 0.5) is 0 Å². The summed E-state index contributed by atoms with van der Waals surface area (Å²) in [5.74, 6) is 0.505. The lowest BCUT2D eigenvalue weighted by atomic mass is 9.88. The van der Waals surface area contributed by atoms with E-state index < -0.39 is 0 Å². The molecule has 0 aromatic heterocycles. The van der Waals surface area contributed by atoms with Crippen LogP contribution in [0.2, 0.25) is 5.04 Å². The maximum atomic E-state index is 12.2. The zero-order valence-corrected chi connectivity index (χ0v) is 15.8. The molecule has 0 spiro atoms. The van der Waals surface area contributed by atoms with E-state index in [0.717, 1.165) is 29.5 Å². The second-order valence-corrected chi connectivity index (χ2v) is 7.77. The molecular formula is C16H34O2Si. The zero-order chi connectivity index (χ0) is 14.7. The van der Waals surface area contributed by atoms with Crippen molar-refractivity contribution in [1.29, 1.82) is 0 Å². The van der Waals surface area contributed by atoms with Gasteiger partial charge < -0.3 is 4.74 Å². The average molecular weight is 287 g/mol. The first-order valence-corrected chi connectivity index (χ1v) is 9.20. The molecule has 0 aliphatic heterocycles. The number of carbonyl (C=O) groups is 1. The molecule has 0 aromatic carbocycles. The maximum Gasteiger partial charge on any atom is 0.308 e. The van der Waals surface area contributed by atoms with Crippen molar-refractivity contribution >= 4 is 16.2 Å². The van der Waals surface area contributed by atoms with E-state index in [1.54, 1.807) is 0 Å². The molecule has 0 rings (SSSR count). The van der Waals surface area contributed by atoms with E-state index in [0.29, 0.717) is 12.5 Å². The maximum absolute atomic E-state index is 12.2. The Morgan fingerprint density at radius 2 is 1.68 bits per heavy atom. The molecule has 2 nitrogen and oxygen atoms in total. The lowest BCUT2D eigenvalue weighted by Crippen LogP contribution is -2.32. The molecule has 0 radical (unpaired) electrons. The second-order valence-electron chi connectivity index (χ2n) is 5.98. The van der Waals surface area contributed by atoms with Crippen LogP contribution < -0.4 is 0 Å². The van der Waals surface area contributed by atoms with Gasteiger partial charge in [-0.05, 0) is 18.8 Å². The Kier molecular flexibility index (Phi) is 10.3. The van der Waals surface area contributed by atoms with Crippen LogP contribution >= 0.6 is 0 Å². The van der Waals surface area contributed by atoms with Crippen molar-refractivity contribution in [3.8, 4) is 0 Å². The summed E-state index contributed by atoms with van der Waals surface area (Å²) in [6.45, 7) is 9.30. The number of unbranched alkanes of at least 4 members (excludes halogenated alkanes) is 5. The van der Waals surface area contributed by atoms with Gasteiger partial charge in [0.2, 0.25) is 0 Å². The van der Waals surface area contributed by atoms with Crippen LogP contribution in [0.1, 0.15) is 79.1 Å². The third-order valence-corrected chi connectivity index (χ3v) is 6.73. The fraction of sp³-hybridized carbons (Fsp3) is 0.938. The Hall–Kier alpha value is -0.313. The van der Waals surface area contributed by atoms with Gasteiger partial charge in [-0.2, -0.15) is 0 Å². The fourth-order valence-corrected chi connectivity index (χ4v) is 2.91. The normalized spacial score (nSPS) is 16.0. The summed E-state index contributed by atoms with van der Waals surface area (Å²) in [4.78, 5) is 12.2. The van der Waals surface area contributed by atoms with Crippen LogP contribution in [0.3, 0.4) is 0 Å². The molecule has 0 heterocycles. The van der Waals surface area contributed by atoms with Crippen LogP contribution in [0.5, 0.6) is 0 Å². The first-order chi connectivity index (χ1) is 9.02. The topological polar surface area (TPSA) is 26.3 Å². The Bertz CT molecular complexity index is 243. The number of rotatable bonds is 11. The van der Waals surface area contributed by atoms with Crippen LogP contribution in [0, 0.1) is 5.92 Å². The molecule has 0 saturated carbocycles. The van der Waals surface area contributed by atoms with Gasteiger partial charge in [-0.25, -0.2) is 0 Å². The van der Waals surface area contributed by atoms with Gasteiger partial charge in [0.1, 0.15) is 0 Å². The highest BCUT2D eigenvalue weighted by atomic mass is 28.1. The van der Waals surface area contributed by atoms with E-state index in [1.807, 2.05) is 0 Å². The van der Waals surface area contributed by atoms with Gasteiger partial charge >= 0.3 is 5.97 Å². The van der Waals surface area contributed by atoms with Crippen molar-refractivity contribution in [2.45, 2.75) is 84.1 Å². The number of hydrogen-bond acceptors (Lipinski definition) is 2. The van der Waals surface area contributed by atoms with E-state index >= 15 is 0 Å². The lowest BCUT2D eigenvalue weighted by molar-refractivity contribution is -0.149. The Morgan fingerprint density at radius 3 is 2.21 bits per heavy atom. The average Bonchev–Trinajstić information content (AvgIpc) is 2.44. The van der Waals surface area contributed by atoms with Crippen LogP contribution in [0.15, 0.2) is 0 Å². The van der Waals surface area contributed by atoms with E-state index in [4.69, 9.17) is 4.74 Å².